The highest BCUT2D eigenvalue weighted by molar-refractivity contribution is 7.99. The van der Waals surface area contributed by atoms with E-state index in [1.165, 1.54) is 22.7 Å². The Morgan fingerprint density at radius 1 is 1.21 bits per heavy atom. The van der Waals surface area contributed by atoms with Crippen LogP contribution in [0.5, 0.6) is 0 Å². The number of hydrogen-bond acceptors (Lipinski definition) is 5. The summed E-state index contributed by atoms with van der Waals surface area (Å²) < 4.78 is 2.13. The van der Waals surface area contributed by atoms with Crippen molar-refractivity contribution in [1.82, 2.24) is 19.5 Å². The van der Waals surface area contributed by atoms with E-state index in [9.17, 15) is 0 Å². The second-order valence-corrected chi connectivity index (χ2v) is 7.83. The number of pyridine rings is 1. The molecule has 0 radical (unpaired) electrons. The van der Waals surface area contributed by atoms with Gasteiger partial charge in [0.15, 0.2) is 5.16 Å². The van der Waals surface area contributed by atoms with Gasteiger partial charge in [-0.1, -0.05) is 37.2 Å². The van der Waals surface area contributed by atoms with Gasteiger partial charge < -0.3 is 10.3 Å². The molecule has 0 saturated heterocycles. The van der Waals surface area contributed by atoms with E-state index in [1.807, 2.05) is 6.20 Å². The predicted octanol–water partition coefficient (Wildman–Crippen LogP) is 4.58. The number of rotatable bonds is 4. The van der Waals surface area contributed by atoms with Gasteiger partial charge in [-0.25, -0.2) is 9.97 Å². The fourth-order valence-corrected chi connectivity index (χ4v) is 3.81. The molecule has 0 fully saturated rings. The number of nitrogen functional groups attached to an aromatic ring is 1. The predicted molar refractivity (Wildman–Crippen MR) is 101 cm³/mol. The van der Waals surface area contributed by atoms with E-state index >= 15 is 0 Å². The van der Waals surface area contributed by atoms with Crippen molar-refractivity contribution >= 4 is 40.1 Å². The van der Waals surface area contributed by atoms with Gasteiger partial charge in [0, 0.05) is 24.7 Å². The van der Waals surface area contributed by atoms with Crippen LogP contribution >= 0.6 is 23.4 Å². The Kier molecular flexibility index (Phi) is 4.69. The largest absolute Gasteiger partial charge is 0.384 e. The van der Waals surface area contributed by atoms with Gasteiger partial charge in [0.25, 0.3) is 0 Å². The highest BCUT2D eigenvalue weighted by Crippen LogP contribution is 2.35. The number of nitrogens with two attached hydrogens (primary N) is 1. The first-order chi connectivity index (χ1) is 11.3. The van der Waals surface area contributed by atoms with Crippen molar-refractivity contribution in [2.24, 2.45) is 7.05 Å². The number of hydrogen-bond donors (Lipinski definition) is 1. The smallest absolute Gasteiger partial charge is 0.191 e. The first kappa shape index (κ1) is 17.0. The number of nitrogens with zero attached hydrogens (tertiary/aromatic N) is 4. The van der Waals surface area contributed by atoms with Crippen LogP contribution in [0, 0.1) is 0 Å². The van der Waals surface area contributed by atoms with Crippen molar-refractivity contribution in [3.8, 4) is 0 Å². The summed E-state index contributed by atoms with van der Waals surface area (Å²) in [6.45, 7) is 6.49. The molecule has 0 aliphatic rings. The number of thioether (sulfide) groups is 1. The number of aryl methyl sites for hydroxylation is 1. The fourth-order valence-electron chi connectivity index (χ4n) is 2.69. The zero-order valence-electron chi connectivity index (χ0n) is 14.1. The van der Waals surface area contributed by atoms with Gasteiger partial charge in [-0.05, 0) is 24.5 Å². The summed E-state index contributed by atoms with van der Waals surface area (Å²) in [4.78, 5) is 13.1. The Bertz CT molecular complexity index is 870. The topological polar surface area (TPSA) is 69.6 Å². The van der Waals surface area contributed by atoms with Crippen molar-refractivity contribution < 1.29 is 0 Å². The molecule has 7 heteroatoms. The minimum absolute atomic E-state index is 0.0903. The lowest BCUT2D eigenvalue weighted by Crippen LogP contribution is -1.98. The summed E-state index contributed by atoms with van der Waals surface area (Å²) in [7, 11) is 2.05. The molecule has 5 nitrogen and oxygen atoms in total. The van der Waals surface area contributed by atoms with E-state index in [0.29, 0.717) is 22.0 Å². The van der Waals surface area contributed by atoms with E-state index in [4.69, 9.17) is 17.3 Å². The molecule has 0 aromatic carbocycles. The number of anilines is 1. The van der Waals surface area contributed by atoms with Crippen LogP contribution in [0.25, 0.3) is 10.9 Å². The fraction of sp³-hybridized carbons (Fsp3) is 0.353. The molecule has 0 aliphatic carbocycles. The van der Waals surface area contributed by atoms with E-state index in [0.717, 1.165) is 11.2 Å². The van der Waals surface area contributed by atoms with Crippen LogP contribution in [-0.4, -0.2) is 19.5 Å². The molecular formula is C17H20ClN5S. The molecule has 24 heavy (non-hydrogen) atoms. The number of aromatic nitrogens is 4. The summed E-state index contributed by atoms with van der Waals surface area (Å²) in [5.74, 6) is 0.834. The maximum atomic E-state index is 5.95. The highest BCUT2D eigenvalue weighted by atomic mass is 35.5. The van der Waals surface area contributed by atoms with Gasteiger partial charge >= 0.3 is 0 Å². The van der Waals surface area contributed by atoms with Crippen LogP contribution in [0.2, 0.25) is 5.15 Å². The van der Waals surface area contributed by atoms with Gasteiger partial charge in [-0.3, -0.25) is 4.98 Å². The maximum Gasteiger partial charge on any atom is 0.191 e. The molecule has 3 heterocycles. The summed E-state index contributed by atoms with van der Waals surface area (Å²) in [5.41, 5.74) is 9.20. The highest BCUT2D eigenvalue weighted by Gasteiger charge is 2.16. The second kappa shape index (κ2) is 6.61. The zero-order chi connectivity index (χ0) is 17.4. The van der Waals surface area contributed by atoms with Crippen LogP contribution in [0.4, 0.5) is 5.82 Å². The maximum absolute atomic E-state index is 5.95. The Balaban J connectivity index is 1.95. The average Bonchev–Trinajstić information content (AvgIpc) is 2.83. The number of fused-ring (bicyclic) bond motifs is 1. The van der Waals surface area contributed by atoms with Crippen molar-refractivity contribution in [3.05, 3.63) is 40.9 Å². The molecule has 1 unspecified atom stereocenters. The Morgan fingerprint density at radius 2 is 1.96 bits per heavy atom. The lowest BCUT2D eigenvalue weighted by molar-refractivity contribution is 0.857. The first-order valence-electron chi connectivity index (χ1n) is 7.76. The average molecular weight is 362 g/mol. The quantitative estimate of drug-likeness (QED) is 0.418. The number of halogens is 1. The third kappa shape index (κ3) is 3.35. The molecular weight excluding hydrogens is 342 g/mol. The minimum Gasteiger partial charge on any atom is -0.384 e. The lowest BCUT2D eigenvalue weighted by atomic mass is 10.0. The van der Waals surface area contributed by atoms with Crippen molar-refractivity contribution in [2.45, 2.75) is 37.1 Å². The molecule has 0 bridgehead atoms. The second-order valence-electron chi connectivity index (χ2n) is 6.13. The van der Waals surface area contributed by atoms with Crippen LogP contribution in [0.1, 0.15) is 43.2 Å². The molecule has 126 valence electrons. The van der Waals surface area contributed by atoms with Crippen LogP contribution in [0.15, 0.2) is 29.7 Å². The summed E-state index contributed by atoms with van der Waals surface area (Å²) >= 11 is 7.45. The Hall–Kier alpha value is -1.79. The van der Waals surface area contributed by atoms with E-state index in [2.05, 4.69) is 59.6 Å². The molecule has 3 aromatic rings. The van der Waals surface area contributed by atoms with Crippen molar-refractivity contribution in [3.63, 3.8) is 0 Å². The molecule has 0 amide bonds. The molecule has 0 aliphatic heterocycles. The van der Waals surface area contributed by atoms with Crippen LogP contribution in [0.3, 0.4) is 0 Å². The van der Waals surface area contributed by atoms with Gasteiger partial charge in [-0.15, -0.1) is 0 Å². The van der Waals surface area contributed by atoms with Crippen LogP contribution < -0.4 is 5.73 Å². The zero-order valence-corrected chi connectivity index (χ0v) is 15.7. The van der Waals surface area contributed by atoms with Gasteiger partial charge in [0.05, 0.1) is 22.7 Å². The first-order valence-corrected chi connectivity index (χ1v) is 9.02. The SMILES string of the molecule is CC(C)c1cn(C)c2cnc(C(C)Sc3nc(N)cc(Cl)n3)cc12. The van der Waals surface area contributed by atoms with E-state index in [-0.39, 0.29) is 5.25 Å². The monoisotopic (exact) mass is 361 g/mol. The van der Waals surface area contributed by atoms with Gasteiger partial charge in [-0.2, -0.15) is 0 Å². The molecule has 3 aromatic heterocycles. The van der Waals surface area contributed by atoms with Crippen molar-refractivity contribution in [2.75, 3.05) is 5.73 Å². The normalized spacial score (nSPS) is 12.9. The molecule has 0 spiro atoms. The van der Waals surface area contributed by atoms with E-state index < -0.39 is 0 Å². The molecule has 3 rings (SSSR count). The summed E-state index contributed by atoms with van der Waals surface area (Å²) in [6, 6.07) is 3.70. The van der Waals surface area contributed by atoms with Gasteiger partial charge in [0.1, 0.15) is 11.0 Å². The van der Waals surface area contributed by atoms with Crippen LogP contribution in [-0.2, 0) is 7.05 Å². The summed E-state index contributed by atoms with van der Waals surface area (Å²) in [5, 5.41) is 2.25. The molecule has 0 saturated carbocycles. The Labute approximate surface area is 150 Å². The Morgan fingerprint density at radius 3 is 2.62 bits per heavy atom. The third-order valence-electron chi connectivity index (χ3n) is 3.94. The van der Waals surface area contributed by atoms with E-state index in [1.54, 1.807) is 6.07 Å². The standard InChI is InChI=1S/C17H20ClN5S/c1-9(2)12-8-23(4)14-7-20-13(5-11(12)14)10(3)24-17-21-15(18)6-16(19)22-17/h5-10H,1-4H3,(H2,19,21,22). The van der Waals surface area contributed by atoms with Crippen molar-refractivity contribution in [1.29, 1.82) is 0 Å². The molecule has 1 atom stereocenters. The van der Waals surface area contributed by atoms with Gasteiger partial charge in [0.2, 0.25) is 0 Å². The molecule has 2 N–H and O–H groups in total. The third-order valence-corrected chi connectivity index (χ3v) is 5.12. The lowest BCUT2D eigenvalue weighted by Gasteiger charge is -2.11. The summed E-state index contributed by atoms with van der Waals surface area (Å²) in [6.07, 6.45) is 4.11. The minimum atomic E-state index is 0.0903.